The highest BCUT2D eigenvalue weighted by Crippen LogP contribution is 2.21. The number of hydrogen-bond donors (Lipinski definition) is 0. The molecular weight excluding hydrogens is 369 g/mol. The summed E-state index contributed by atoms with van der Waals surface area (Å²) in [7, 11) is 0. The first kappa shape index (κ1) is 19.6. The summed E-state index contributed by atoms with van der Waals surface area (Å²) in [6.45, 7) is 9.58. The molecule has 0 aliphatic carbocycles. The van der Waals surface area contributed by atoms with E-state index >= 15 is 0 Å². The number of halogens is 1. The van der Waals surface area contributed by atoms with Crippen LogP contribution in [0.25, 0.3) is 0 Å². The number of carbonyl (C=O) groups excluding carboxylic acids is 1. The number of pyridine rings is 1. The molecule has 0 N–H and O–H groups in total. The Morgan fingerprint density at radius 3 is 2.34 bits per heavy atom. The second kappa shape index (κ2) is 8.78. The van der Waals surface area contributed by atoms with E-state index in [-0.39, 0.29) is 11.7 Å². The number of benzene rings is 1. The molecule has 0 saturated carbocycles. The number of amides is 1. The number of likely N-dealkylation sites (N-methyl/N-ethyl adjacent to an activating group) is 1. The summed E-state index contributed by atoms with van der Waals surface area (Å²) >= 11 is 0. The van der Waals surface area contributed by atoms with E-state index in [0.29, 0.717) is 37.4 Å². The van der Waals surface area contributed by atoms with Crippen LogP contribution in [-0.2, 0) is 0 Å². The zero-order chi connectivity index (χ0) is 20.2. The molecule has 2 fully saturated rings. The van der Waals surface area contributed by atoms with Crippen molar-refractivity contribution in [2.45, 2.75) is 6.92 Å². The van der Waals surface area contributed by atoms with Crippen LogP contribution in [0.15, 0.2) is 42.6 Å². The summed E-state index contributed by atoms with van der Waals surface area (Å²) in [4.78, 5) is 26.0. The van der Waals surface area contributed by atoms with E-state index in [9.17, 15) is 9.18 Å². The topological polar surface area (TPSA) is 42.9 Å². The number of rotatable bonds is 4. The second-order valence-corrected chi connectivity index (χ2v) is 7.55. The minimum atomic E-state index is -0.214. The molecule has 1 aromatic heterocycles. The lowest BCUT2D eigenvalue weighted by Gasteiger charge is -2.36. The summed E-state index contributed by atoms with van der Waals surface area (Å²) in [6.07, 6.45) is 1.73. The van der Waals surface area contributed by atoms with Crippen molar-refractivity contribution in [2.24, 2.45) is 0 Å². The lowest BCUT2D eigenvalue weighted by molar-refractivity contribution is 0.0746. The van der Waals surface area contributed by atoms with Crippen LogP contribution in [0.1, 0.15) is 17.3 Å². The number of para-hydroxylation sites is 1. The van der Waals surface area contributed by atoms with Gasteiger partial charge in [-0.25, -0.2) is 9.37 Å². The number of nitrogens with zero attached hydrogens (tertiary/aromatic N) is 5. The fourth-order valence-corrected chi connectivity index (χ4v) is 4.06. The third-order valence-corrected chi connectivity index (χ3v) is 5.90. The van der Waals surface area contributed by atoms with Crippen molar-refractivity contribution in [1.29, 1.82) is 0 Å². The van der Waals surface area contributed by atoms with Crippen LogP contribution in [0.3, 0.4) is 0 Å². The molecule has 2 aliphatic rings. The van der Waals surface area contributed by atoms with Crippen LogP contribution < -0.4 is 9.80 Å². The van der Waals surface area contributed by atoms with E-state index < -0.39 is 0 Å². The Morgan fingerprint density at radius 2 is 1.66 bits per heavy atom. The van der Waals surface area contributed by atoms with Gasteiger partial charge in [-0.15, -0.1) is 0 Å². The molecule has 0 atom stereocenters. The lowest BCUT2D eigenvalue weighted by atomic mass is 10.2. The van der Waals surface area contributed by atoms with E-state index in [1.807, 2.05) is 21.9 Å². The molecule has 4 rings (SSSR count). The van der Waals surface area contributed by atoms with Gasteiger partial charge in [-0.3, -0.25) is 4.79 Å². The first-order chi connectivity index (χ1) is 14.2. The zero-order valence-electron chi connectivity index (χ0n) is 16.9. The van der Waals surface area contributed by atoms with Crippen LogP contribution in [0.4, 0.5) is 15.9 Å². The number of piperazine rings is 2. The predicted octanol–water partition coefficient (Wildman–Crippen LogP) is 2.33. The minimum absolute atomic E-state index is 0.0222. The van der Waals surface area contributed by atoms with Gasteiger partial charge in [0.05, 0.1) is 5.69 Å². The Balaban J connectivity index is 1.39. The van der Waals surface area contributed by atoms with Gasteiger partial charge < -0.3 is 19.6 Å². The predicted molar refractivity (Wildman–Crippen MR) is 113 cm³/mol. The average molecular weight is 397 g/mol. The summed E-state index contributed by atoms with van der Waals surface area (Å²) in [5.41, 5.74) is 1.28. The molecule has 2 saturated heterocycles. The quantitative estimate of drug-likeness (QED) is 0.792. The first-order valence-electron chi connectivity index (χ1n) is 10.4. The van der Waals surface area contributed by atoms with Crippen molar-refractivity contribution in [1.82, 2.24) is 14.8 Å². The van der Waals surface area contributed by atoms with Crippen molar-refractivity contribution < 1.29 is 9.18 Å². The van der Waals surface area contributed by atoms with Crippen molar-refractivity contribution in [3.05, 3.63) is 54.0 Å². The van der Waals surface area contributed by atoms with Gasteiger partial charge in [0.15, 0.2) is 0 Å². The van der Waals surface area contributed by atoms with Gasteiger partial charge in [0.1, 0.15) is 11.6 Å². The van der Waals surface area contributed by atoms with Gasteiger partial charge in [0.2, 0.25) is 0 Å². The maximum absolute atomic E-state index is 14.0. The van der Waals surface area contributed by atoms with E-state index in [2.05, 4.69) is 21.7 Å². The maximum Gasteiger partial charge on any atom is 0.254 e. The first-order valence-corrected chi connectivity index (χ1v) is 10.4. The SMILES string of the molecule is CCN1CCN(c2cc(C(=O)N3CCN(c4ccccc4F)CC3)ccn2)CC1. The monoisotopic (exact) mass is 397 g/mol. The standard InChI is InChI=1S/C22H28FN5O/c1-2-25-9-11-27(12-10-25)21-17-18(7-8-24-21)22(29)28-15-13-26(14-16-28)20-6-4-3-5-19(20)23/h3-8,17H,2,9-16H2,1H3. The van der Waals surface area contributed by atoms with Crippen LogP contribution in [0.2, 0.25) is 0 Å². The third kappa shape index (κ3) is 4.34. The molecule has 0 unspecified atom stereocenters. The number of carbonyl (C=O) groups is 1. The molecule has 3 heterocycles. The Kier molecular flexibility index (Phi) is 5.94. The summed E-state index contributed by atoms with van der Waals surface area (Å²) < 4.78 is 14.0. The molecule has 154 valence electrons. The number of anilines is 2. The van der Waals surface area contributed by atoms with Crippen molar-refractivity contribution in [3.8, 4) is 0 Å². The molecule has 2 aliphatic heterocycles. The highest BCUT2D eigenvalue weighted by molar-refractivity contribution is 5.95. The fourth-order valence-electron chi connectivity index (χ4n) is 4.06. The van der Waals surface area contributed by atoms with Gasteiger partial charge in [-0.05, 0) is 30.8 Å². The normalized spacial score (nSPS) is 18.2. The molecule has 0 bridgehead atoms. The van der Waals surface area contributed by atoms with Gasteiger partial charge in [0, 0.05) is 64.1 Å². The second-order valence-electron chi connectivity index (χ2n) is 7.55. The van der Waals surface area contributed by atoms with Crippen molar-refractivity contribution >= 4 is 17.4 Å². The maximum atomic E-state index is 14.0. The summed E-state index contributed by atoms with van der Waals surface area (Å²) in [5.74, 6) is 0.680. The van der Waals surface area contributed by atoms with E-state index in [1.165, 1.54) is 6.07 Å². The molecule has 1 amide bonds. The van der Waals surface area contributed by atoms with Crippen molar-refractivity contribution in [3.63, 3.8) is 0 Å². The Hall–Kier alpha value is -2.67. The Morgan fingerprint density at radius 1 is 0.966 bits per heavy atom. The molecule has 2 aromatic rings. The number of hydrogen-bond acceptors (Lipinski definition) is 5. The van der Waals surface area contributed by atoms with Crippen LogP contribution in [-0.4, -0.2) is 79.6 Å². The van der Waals surface area contributed by atoms with E-state index in [0.717, 1.165) is 38.5 Å². The molecule has 1 aromatic carbocycles. The average Bonchev–Trinajstić information content (AvgIpc) is 2.79. The smallest absolute Gasteiger partial charge is 0.254 e. The van der Waals surface area contributed by atoms with Gasteiger partial charge >= 0.3 is 0 Å². The van der Waals surface area contributed by atoms with E-state index in [1.54, 1.807) is 24.4 Å². The fraction of sp³-hybridized carbons (Fsp3) is 0.455. The lowest BCUT2D eigenvalue weighted by Crippen LogP contribution is -2.49. The Bertz CT molecular complexity index is 845. The summed E-state index contributed by atoms with van der Waals surface area (Å²) in [6, 6.07) is 10.5. The molecule has 0 spiro atoms. The minimum Gasteiger partial charge on any atom is -0.366 e. The zero-order valence-corrected chi connectivity index (χ0v) is 16.9. The highest BCUT2D eigenvalue weighted by atomic mass is 19.1. The number of aromatic nitrogens is 1. The molecule has 6 nitrogen and oxygen atoms in total. The molecule has 0 radical (unpaired) electrons. The van der Waals surface area contributed by atoms with Crippen LogP contribution in [0, 0.1) is 5.82 Å². The van der Waals surface area contributed by atoms with Gasteiger partial charge in [0.25, 0.3) is 5.91 Å². The van der Waals surface area contributed by atoms with Crippen molar-refractivity contribution in [2.75, 3.05) is 68.7 Å². The Labute approximate surface area is 171 Å². The third-order valence-electron chi connectivity index (χ3n) is 5.90. The molecule has 7 heteroatoms. The largest absolute Gasteiger partial charge is 0.366 e. The van der Waals surface area contributed by atoms with Gasteiger partial charge in [-0.1, -0.05) is 19.1 Å². The molecular formula is C22H28FN5O. The summed E-state index contributed by atoms with van der Waals surface area (Å²) in [5, 5.41) is 0. The highest BCUT2D eigenvalue weighted by Gasteiger charge is 2.24. The van der Waals surface area contributed by atoms with Crippen LogP contribution >= 0.6 is 0 Å². The van der Waals surface area contributed by atoms with Crippen LogP contribution in [0.5, 0.6) is 0 Å². The van der Waals surface area contributed by atoms with E-state index in [4.69, 9.17) is 0 Å². The van der Waals surface area contributed by atoms with Gasteiger partial charge in [-0.2, -0.15) is 0 Å². The molecule has 29 heavy (non-hydrogen) atoms.